The van der Waals surface area contributed by atoms with E-state index in [1.54, 1.807) is 18.6 Å². The Morgan fingerprint density at radius 2 is 2.16 bits per heavy atom. The number of benzene rings is 1. The van der Waals surface area contributed by atoms with E-state index < -0.39 is 6.04 Å². The summed E-state index contributed by atoms with van der Waals surface area (Å²) in [5.41, 5.74) is 7.63. The molecule has 0 fully saturated rings. The second kappa shape index (κ2) is 6.39. The van der Waals surface area contributed by atoms with Crippen LogP contribution in [0.3, 0.4) is 0 Å². The van der Waals surface area contributed by atoms with E-state index in [9.17, 15) is 0 Å². The van der Waals surface area contributed by atoms with Crippen LogP contribution in [0.15, 0.2) is 30.7 Å². The van der Waals surface area contributed by atoms with E-state index in [2.05, 4.69) is 4.98 Å². The van der Waals surface area contributed by atoms with Crippen LogP contribution in [0.5, 0.6) is 0 Å². The molecule has 0 aliphatic rings. The van der Waals surface area contributed by atoms with Crippen LogP contribution in [0.25, 0.3) is 0 Å². The van der Waals surface area contributed by atoms with Crippen LogP contribution < -0.4 is 5.73 Å². The fourth-order valence-corrected chi connectivity index (χ4v) is 2.39. The van der Waals surface area contributed by atoms with Gasteiger partial charge in [0.05, 0.1) is 24.7 Å². The molecule has 3 N–H and O–H groups in total. The highest BCUT2D eigenvalue weighted by Crippen LogP contribution is 2.22. The Morgan fingerprint density at radius 1 is 1.37 bits per heavy atom. The standard InChI is InChI=1S/C13H15Cl2N3O/c14-10-2-1-9(11(15)5-10)3-4-18-8-17-6-13(18)12(16)7-19/h1-2,5-6,8,12,19H,3-4,7,16H2. The lowest BCUT2D eigenvalue weighted by Gasteiger charge is -2.13. The number of halogens is 2. The number of nitrogens with two attached hydrogens (primary N) is 1. The van der Waals surface area contributed by atoms with E-state index in [1.165, 1.54) is 0 Å². The zero-order valence-corrected chi connectivity index (χ0v) is 11.8. The molecule has 2 rings (SSSR count). The highest BCUT2D eigenvalue weighted by atomic mass is 35.5. The molecule has 19 heavy (non-hydrogen) atoms. The van der Waals surface area contributed by atoms with E-state index in [0.717, 1.165) is 17.7 Å². The van der Waals surface area contributed by atoms with Crippen LogP contribution in [0.1, 0.15) is 17.3 Å². The van der Waals surface area contributed by atoms with Crippen LogP contribution >= 0.6 is 23.2 Å². The molecule has 0 saturated heterocycles. The van der Waals surface area contributed by atoms with Crippen molar-refractivity contribution in [2.24, 2.45) is 5.73 Å². The van der Waals surface area contributed by atoms with Gasteiger partial charge in [-0.05, 0) is 24.1 Å². The first-order chi connectivity index (χ1) is 9.11. The van der Waals surface area contributed by atoms with Gasteiger partial charge in [0.25, 0.3) is 0 Å². The maximum absolute atomic E-state index is 9.09. The average molecular weight is 300 g/mol. The van der Waals surface area contributed by atoms with Crippen molar-refractivity contribution in [1.29, 1.82) is 0 Å². The first-order valence-corrected chi connectivity index (χ1v) is 6.68. The molecule has 0 bridgehead atoms. The average Bonchev–Trinajstić information content (AvgIpc) is 2.85. The molecule has 102 valence electrons. The Hall–Kier alpha value is -1.07. The summed E-state index contributed by atoms with van der Waals surface area (Å²) in [6.07, 6.45) is 4.12. The van der Waals surface area contributed by atoms with Crippen molar-refractivity contribution in [2.45, 2.75) is 19.0 Å². The molecule has 0 amide bonds. The van der Waals surface area contributed by atoms with Crippen LogP contribution in [0.4, 0.5) is 0 Å². The number of hydrogen-bond acceptors (Lipinski definition) is 3. The van der Waals surface area contributed by atoms with Crippen LogP contribution in [-0.2, 0) is 13.0 Å². The van der Waals surface area contributed by atoms with Gasteiger partial charge in [0, 0.05) is 22.8 Å². The van der Waals surface area contributed by atoms with Crippen molar-refractivity contribution in [3.8, 4) is 0 Å². The van der Waals surface area contributed by atoms with E-state index in [1.807, 2.05) is 16.7 Å². The smallest absolute Gasteiger partial charge is 0.0948 e. The molecule has 2 aromatic rings. The van der Waals surface area contributed by atoms with E-state index in [-0.39, 0.29) is 6.61 Å². The number of aromatic nitrogens is 2. The van der Waals surface area contributed by atoms with Crippen LogP contribution in [0.2, 0.25) is 10.0 Å². The van der Waals surface area contributed by atoms with Gasteiger partial charge in [-0.15, -0.1) is 0 Å². The fraction of sp³-hybridized carbons (Fsp3) is 0.308. The van der Waals surface area contributed by atoms with Gasteiger partial charge in [0.2, 0.25) is 0 Å². The Balaban J connectivity index is 2.08. The lowest BCUT2D eigenvalue weighted by Crippen LogP contribution is -2.19. The first-order valence-electron chi connectivity index (χ1n) is 5.92. The summed E-state index contributed by atoms with van der Waals surface area (Å²) in [6.45, 7) is 0.595. The second-order valence-corrected chi connectivity index (χ2v) is 5.13. The molecule has 0 aliphatic carbocycles. The summed E-state index contributed by atoms with van der Waals surface area (Å²) in [6, 6.07) is 5.04. The van der Waals surface area contributed by atoms with Crippen molar-refractivity contribution >= 4 is 23.2 Å². The van der Waals surface area contributed by atoms with Gasteiger partial charge in [-0.1, -0.05) is 29.3 Å². The summed E-state index contributed by atoms with van der Waals surface area (Å²) < 4.78 is 1.92. The molecule has 0 spiro atoms. The minimum Gasteiger partial charge on any atom is -0.394 e. The van der Waals surface area contributed by atoms with Crippen molar-refractivity contribution in [3.05, 3.63) is 52.0 Å². The van der Waals surface area contributed by atoms with Gasteiger partial charge in [-0.2, -0.15) is 0 Å². The quantitative estimate of drug-likeness (QED) is 0.891. The summed E-state index contributed by atoms with van der Waals surface area (Å²) >= 11 is 12.0. The molecule has 0 aliphatic heterocycles. The van der Waals surface area contributed by atoms with Gasteiger partial charge >= 0.3 is 0 Å². The minimum absolute atomic E-state index is 0.104. The highest BCUT2D eigenvalue weighted by molar-refractivity contribution is 6.35. The molecule has 1 aromatic carbocycles. The third-order valence-electron chi connectivity index (χ3n) is 2.96. The third kappa shape index (κ3) is 3.48. The molecule has 1 unspecified atom stereocenters. The highest BCUT2D eigenvalue weighted by Gasteiger charge is 2.10. The third-order valence-corrected chi connectivity index (χ3v) is 3.55. The minimum atomic E-state index is -0.414. The maximum Gasteiger partial charge on any atom is 0.0948 e. The SMILES string of the molecule is NC(CO)c1cncn1CCc1ccc(Cl)cc1Cl. The normalized spacial score (nSPS) is 12.6. The number of aliphatic hydroxyl groups excluding tert-OH is 1. The zero-order chi connectivity index (χ0) is 13.8. The molecular formula is C13H15Cl2N3O. The summed E-state index contributed by atoms with van der Waals surface area (Å²) in [7, 11) is 0. The largest absolute Gasteiger partial charge is 0.394 e. The predicted octanol–water partition coefficient (Wildman–Crippen LogP) is 2.42. The monoisotopic (exact) mass is 299 g/mol. The number of nitrogens with zero attached hydrogens (tertiary/aromatic N) is 2. The van der Waals surface area contributed by atoms with Crippen molar-refractivity contribution < 1.29 is 5.11 Å². The number of imidazole rings is 1. The predicted molar refractivity (Wildman–Crippen MR) is 76.4 cm³/mol. The Bertz CT molecular complexity index is 557. The summed E-state index contributed by atoms with van der Waals surface area (Å²) in [5.74, 6) is 0. The zero-order valence-electron chi connectivity index (χ0n) is 10.3. The molecule has 4 nitrogen and oxygen atoms in total. The Labute approximate surface area is 121 Å². The molecular weight excluding hydrogens is 285 g/mol. The van der Waals surface area contributed by atoms with E-state index in [4.69, 9.17) is 34.0 Å². The maximum atomic E-state index is 9.09. The van der Waals surface area contributed by atoms with Crippen molar-refractivity contribution in [1.82, 2.24) is 9.55 Å². The van der Waals surface area contributed by atoms with E-state index >= 15 is 0 Å². The number of rotatable bonds is 5. The topological polar surface area (TPSA) is 64.1 Å². The summed E-state index contributed by atoms with van der Waals surface area (Å²) in [5, 5.41) is 10.4. The molecule has 6 heteroatoms. The van der Waals surface area contributed by atoms with Gasteiger partial charge in [0.15, 0.2) is 0 Å². The van der Waals surface area contributed by atoms with Gasteiger partial charge in [-0.3, -0.25) is 0 Å². The number of aliphatic hydroxyl groups is 1. The molecule has 1 aromatic heterocycles. The Morgan fingerprint density at radius 3 is 2.84 bits per heavy atom. The second-order valence-electron chi connectivity index (χ2n) is 4.29. The number of hydrogen-bond donors (Lipinski definition) is 2. The van der Waals surface area contributed by atoms with Crippen molar-refractivity contribution in [2.75, 3.05) is 6.61 Å². The first kappa shape index (κ1) is 14.3. The van der Waals surface area contributed by atoms with Crippen LogP contribution in [-0.4, -0.2) is 21.3 Å². The van der Waals surface area contributed by atoms with Crippen molar-refractivity contribution in [3.63, 3.8) is 0 Å². The molecule has 1 atom stereocenters. The van der Waals surface area contributed by atoms with Gasteiger partial charge in [0.1, 0.15) is 0 Å². The van der Waals surface area contributed by atoms with Crippen LogP contribution in [0, 0.1) is 0 Å². The van der Waals surface area contributed by atoms with Gasteiger partial charge in [-0.25, -0.2) is 4.98 Å². The summed E-state index contributed by atoms with van der Waals surface area (Å²) in [4.78, 5) is 4.06. The van der Waals surface area contributed by atoms with E-state index in [0.29, 0.717) is 16.6 Å². The number of aryl methyl sites for hydroxylation is 2. The Kier molecular flexibility index (Phi) is 4.82. The van der Waals surface area contributed by atoms with Gasteiger partial charge < -0.3 is 15.4 Å². The molecule has 0 radical (unpaired) electrons. The lowest BCUT2D eigenvalue weighted by molar-refractivity contribution is 0.263. The lowest BCUT2D eigenvalue weighted by atomic mass is 10.1. The molecule has 0 saturated carbocycles. The fourth-order valence-electron chi connectivity index (χ4n) is 1.89. The molecule has 1 heterocycles.